The van der Waals surface area contributed by atoms with Gasteiger partial charge in [-0.2, -0.15) is 0 Å². The van der Waals surface area contributed by atoms with Gasteiger partial charge in [-0.25, -0.2) is 4.39 Å². The zero-order valence-electron chi connectivity index (χ0n) is 15.7. The van der Waals surface area contributed by atoms with E-state index < -0.39 is 0 Å². The topological polar surface area (TPSA) is 29.8 Å². The van der Waals surface area contributed by atoms with Crippen LogP contribution in [0.25, 0.3) is 0 Å². The van der Waals surface area contributed by atoms with Gasteiger partial charge < -0.3 is 14.2 Å². The fraction of sp³-hybridized carbons (Fsp3) is 0.227. The maximum atomic E-state index is 13.3. The number of hydrogen-bond donors (Lipinski definition) is 0. The molecule has 1 aromatic heterocycles. The second kappa shape index (κ2) is 8.89. The van der Waals surface area contributed by atoms with E-state index in [2.05, 4.69) is 26.7 Å². The summed E-state index contributed by atoms with van der Waals surface area (Å²) in [6.45, 7) is 1.62. The third-order valence-corrected chi connectivity index (χ3v) is 5.32. The molecule has 0 aliphatic carbocycles. The molecule has 0 N–H and O–H groups in total. The molecule has 0 fully saturated rings. The first-order valence-electron chi connectivity index (χ1n) is 9.35. The van der Waals surface area contributed by atoms with Gasteiger partial charge in [-0.05, 0) is 48.4 Å². The SMILES string of the molecule is Fc1cccc(COc2ccc(N3CN=Cc4c3ccn4CCCCl)cc2Cl)c1. The number of nitrogens with zero attached hydrogens (tertiary/aromatic N) is 3. The van der Waals surface area contributed by atoms with Gasteiger partial charge in [0.05, 0.1) is 16.4 Å². The number of hydrogen-bond acceptors (Lipinski definition) is 3. The Morgan fingerprint density at radius 2 is 2.03 bits per heavy atom. The number of rotatable bonds is 7. The Morgan fingerprint density at radius 3 is 2.83 bits per heavy atom. The Hall–Kier alpha value is -2.50. The number of halogens is 3. The number of aromatic nitrogens is 1. The van der Waals surface area contributed by atoms with Crippen molar-refractivity contribution in [3.63, 3.8) is 0 Å². The Balaban J connectivity index is 1.51. The zero-order valence-corrected chi connectivity index (χ0v) is 17.2. The molecule has 2 aromatic carbocycles. The van der Waals surface area contributed by atoms with Crippen LogP contribution in [0.4, 0.5) is 15.8 Å². The monoisotopic (exact) mass is 431 g/mol. The van der Waals surface area contributed by atoms with Gasteiger partial charge in [-0.15, -0.1) is 11.6 Å². The molecule has 2 heterocycles. The van der Waals surface area contributed by atoms with Gasteiger partial charge in [0.2, 0.25) is 0 Å². The van der Waals surface area contributed by atoms with E-state index in [1.54, 1.807) is 6.07 Å². The normalized spacial score (nSPS) is 12.9. The number of aryl methyl sites for hydroxylation is 1. The summed E-state index contributed by atoms with van der Waals surface area (Å²) in [5.74, 6) is 0.896. The molecule has 0 radical (unpaired) electrons. The minimum Gasteiger partial charge on any atom is -0.487 e. The lowest BCUT2D eigenvalue weighted by atomic mass is 10.2. The maximum absolute atomic E-state index is 13.3. The van der Waals surface area contributed by atoms with Crippen molar-refractivity contribution in [2.45, 2.75) is 19.6 Å². The predicted molar refractivity (Wildman–Crippen MR) is 117 cm³/mol. The average Bonchev–Trinajstić information content (AvgIpc) is 3.14. The molecule has 0 atom stereocenters. The molecule has 0 saturated heterocycles. The third-order valence-electron chi connectivity index (χ3n) is 4.75. The van der Waals surface area contributed by atoms with E-state index >= 15 is 0 Å². The van der Waals surface area contributed by atoms with Gasteiger partial charge in [0, 0.05) is 30.5 Å². The first-order chi connectivity index (χ1) is 14.2. The Morgan fingerprint density at radius 1 is 1.14 bits per heavy atom. The number of ether oxygens (including phenoxy) is 1. The largest absolute Gasteiger partial charge is 0.487 e. The van der Waals surface area contributed by atoms with E-state index in [0.717, 1.165) is 35.6 Å². The summed E-state index contributed by atoms with van der Waals surface area (Å²) in [6.07, 6.45) is 4.86. The number of fused-ring (bicyclic) bond motifs is 1. The molecular formula is C22H20Cl2FN3O. The van der Waals surface area contributed by atoms with Crippen LogP contribution < -0.4 is 9.64 Å². The highest BCUT2D eigenvalue weighted by atomic mass is 35.5. The van der Waals surface area contributed by atoms with Crippen LogP contribution in [0.5, 0.6) is 5.75 Å². The minimum atomic E-state index is -0.285. The minimum absolute atomic E-state index is 0.248. The lowest BCUT2D eigenvalue weighted by Gasteiger charge is -2.26. The van der Waals surface area contributed by atoms with Crippen LogP contribution >= 0.6 is 23.2 Å². The molecule has 0 saturated carbocycles. The van der Waals surface area contributed by atoms with Gasteiger partial charge in [0.1, 0.15) is 24.8 Å². The first kappa shape index (κ1) is 19.8. The van der Waals surface area contributed by atoms with Crippen LogP contribution in [0.2, 0.25) is 5.02 Å². The molecule has 4 rings (SSSR count). The predicted octanol–water partition coefficient (Wildman–Crippen LogP) is 6.02. The summed E-state index contributed by atoms with van der Waals surface area (Å²) in [5, 5.41) is 0.497. The Labute approximate surface area is 179 Å². The fourth-order valence-electron chi connectivity index (χ4n) is 3.34. The fourth-order valence-corrected chi connectivity index (χ4v) is 3.68. The summed E-state index contributed by atoms with van der Waals surface area (Å²) < 4.78 is 21.2. The summed E-state index contributed by atoms with van der Waals surface area (Å²) in [5.41, 5.74) is 3.82. The molecule has 0 amide bonds. The van der Waals surface area contributed by atoms with Gasteiger partial charge >= 0.3 is 0 Å². The van der Waals surface area contributed by atoms with E-state index in [9.17, 15) is 4.39 Å². The summed E-state index contributed by atoms with van der Waals surface area (Å²) >= 11 is 12.3. The van der Waals surface area contributed by atoms with Crippen molar-refractivity contribution in [2.75, 3.05) is 17.4 Å². The molecule has 4 nitrogen and oxygen atoms in total. The van der Waals surface area contributed by atoms with E-state index in [4.69, 9.17) is 27.9 Å². The van der Waals surface area contributed by atoms with Crippen molar-refractivity contribution >= 4 is 40.8 Å². The van der Waals surface area contributed by atoms with Crippen LogP contribution in [0.1, 0.15) is 17.7 Å². The van der Waals surface area contributed by atoms with E-state index in [-0.39, 0.29) is 12.4 Å². The summed E-state index contributed by atoms with van der Waals surface area (Å²) in [4.78, 5) is 6.60. The summed E-state index contributed by atoms with van der Waals surface area (Å²) in [7, 11) is 0. The quantitative estimate of drug-likeness (QED) is 0.428. The van der Waals surface area contributed by atoms with E-state index in [0.29, 0.717) is 23.3 Å². The van der Waals surface area contributed by atoms with Crippen molar-refractivity contribution in [1.29, 1.82) is 0 Å². The van der Waals surface area contributed by atoms with Crippen LogP contribution in [-0.4, -0.2) is 23.3 Å². The van der Waals surface area contributed by atoms with Gasteiger partial charge in [-0.1, -0.05) is 23.7 Å². The van der Waals surface area contributed by atoms with E-state index in [1.807, 2.05) is 30.5 Å². The van der Waals surface area contributed by atoms with Crippen molar-refractivity contribution in [1.82, 2.24) is 4.57 Å². The van der Waals surface area contributed by atoms with Crippen LogP contribution in [0, 0.1) is 5.82 Å². The molecule has 0 bridgehead atoms. The molecule has 1 aliphatic rings. The molecule has 3 aromatic rings. The average molecular weight is 432 g/mol. The third kappa shape index (κ3) is 4.41. The van der Waals surface area contributed by atoms with Gasteiger partial charge in [-0.3, -0.25) is 4.99 Å². The smallest absolute Gasteiger partial charge is 0.138 e. The number of aliphatic imine (C=N–C) groups is 1. The first-order valence-corrected chi connectivity index (χ1v) is 10.3. The molecule has 29 heavy (non-hydrogen) atoms. The molecular weight excluding hydrogens is 412 g/mol. The highest BCUT2D eigenvalue weighted by molar-refractivity contribution is 6.32. The molecule has 7 heteroatoms. The molecule has 0 spiro atoms. The van der Waals surface area contributed by atoms with Crippen LogP contribution in [0.15, 0.2) is 59.7 Å². The Bertz CT molecular complexity index is 1030. The van der Waals surface area contributed by atoms with Gasteiger partial charge in [0.15, 0.2) is 0 Å². The van der Waals surface area contributed by atoms with Gasteiger partial charge in [0.25, 0.3) is 0 Å². The number of alkyl halides is 1. The van der Waals surface area contributed by atoms with Crippen LogP contribution in [0.3, 0.4) is 0 Å². The van der Waals surface area contributed by atoms with Crippen molar-refractivity contribution in [2.24, 2.45) is 4.99 Å². The standard InChI is InChI=1S/C22H20Cl2FN3O/c23-8-2-9-27-10-7-20-21(27)13-26-15-28(20)18-5-6-22(19(24)12-18)29-14-16-3-1-4-17(25)11-16/h1,3-7,10-13H,2,8-9,14-15H2. The Kier molecular flexibility index (Phi) is 6.07. The summed E-state index contributed by atoms with van der Waals surface area (Å²) in [6, 6.07) is 14.1. The lowest BCUT2D eigenvalue weighted by Crippen LogP contribution is -2.22. The van der Waals surface area contributed by atoms with Crippen LogP contribution in [-0.2, 0) is 13.2 Å². The zero-order chi connectivity index (χ0) is 20.2. The molecule has 1 aliphatic heterocycles. The van der Waals surface area contributed by atoms with E-state index in [1.165, 1.54) is 12.1 Å². The second-order valence-corrected chi connectivity index (χ2v) is 7.52. The van der Waals surface area contributed by atoms with Crippen molar-refractivity contribution in [3.8, 4) is 5.75 Å². The lowest BCUT2D eigenvalue weighted by molar-refractivity contribution is 0.306. The molecule has 0 unspecified atom stereocenters. The van der Waals surface area contributed by atoms with Crippen molar-refractivity contribution in [3.05, 3.63) is 76.8 Å². The van der Waals surface area contributed by atoms with Crippen molar-refractivity contribution < 1.29 is 9.13 Å². The maximum Gasteiger partial charge on any atom is 0.138 e. The highest BCUT2D eigenvalue weighted by Gasteiger charge is 2.20. The number of benzene rings is 2. The highest BCUT2D eigenvalue weighted by Crippen LogP contribution is 2.36. The molecule has 150 valence electrons. The second-order valence-electron chi connectivity index (χ2n) is 6.74. The number of anilines is 2.